The molecule has 4 heterocycles. The van der Waals surface area contributed by atoms with E-state index in [4.69, 9.17) is 9.47 Å². The first-order chi connectivity index (χ1) is 19.2. The highest BCUT2D eigenvalue weighted by Gasteiger charge is 2.61. The summed E-state index contributed by atoms with van der Waals surface area (Å²) >= 11 is 0. The SMILES string of the molecule is CCC1(CCCCCCCCC2(CC)NC(=O)C3(CC(C)(C)NC(C)(C)C3)O2)NC(=O)C2(CC(C)(C)NC(C)(C)C2)O1. The highest BCUT2D eigenvalue weighted by molar-refractivity contribution is 5.88. The van der Waals surface area contributed by atoms with Crippen LogP contribution in [0.25, 0.3) is 0 Å². The Morgan fingerprint density at radius 3 is 1.10 bits per heavy atom. The molecule has 4 aliphatic heterocycles. The van der Waals surface area contributed by atoms with Crippen LogP contribution < -0.4 is 21.3 Å². The Morgan fingerprint density at radius 1 is 0.524 bits per heavy atom. The fourth-order valence-electron chi connectivity index (χ4n) is 9.42. The Bertz CT molecular complexity index is 909. The van der Waals surface area contributed by atoms with Gasteiger partial charge in [-0.15, -0.1) is 0 Å². The number of piperidine rings is 2. The smallest absolute Gasteiger partial charge is 0.254 e. The van der Waals surface area contributed by atoms with Crippen LogP contribution >= 0.6 is 0 Å². The monoisotopic (exact) mass is 590 g/mol. The molecule has 4 aliphatic rings. The van der Waals surface area contributed by atoms with Crippen LogP contribution in [0.15, 0.2) is 0 Å². The summed E-state index contributed by atoms with van der Waals surface area (Å²) < 4.78 is 13.5. The molecule has 0 bridgehead atoms. The van der Waals surface area contributed by atoms with Gasteiger partial charge in [0.25, 0.3) is 11.8 Å². The maximum absolute atomic E-state index is 13.3. The lowest BCUT2D eigenvalue weighted by molar-refractivity contribution is -0.164. The Labute approximate surface area is 256 Å². The normalized spacial score (nSPS) is 33.6. The number of unbranched alkanes of at least 4 members (excludes halogenated alkanes) is 5. The zero-order valence-corrected chi connectivity index (χ0v) is 28.5. The minimum Gasteiger partial charge on any atom is -0.339 e. The number of rotatable bonds is 11. The Kier molecular flexibility index (Phi) is 9.05. The second kappa shape index (κ2) is 11.3. The molecule has 4 rings (SSSR count). The summed E-state index contributed by atoms with van der Waals surface area (Å²) in [6, 6.07) is 0. The lowest BCUT2D eigenvalue weighted by atomic mass is 9.72. The van der Waals surface area contributed by atoms with Gasteiger partial charge in [0.05, 0.1) is 0 Å². The van der Waals surface area contributed by atoms with Crippen molar-refractivity contribution in [2.75, 3.05) is 0 Å². The number of hydrogen-bond donors (Lipinski definition) is 4. The summed E-state index contributed by atoms with van der Waals surface area (Å²) in [5.41, 5.74) is -3.25. The van der Waals surface area contributed by atoms with Crippen molar-refractivity contribution in [1.29, 1.82) is 0 Å². The molecule has 0 aromatic carbocycles. The molecule has 42 heavy (non-hydrogen) atoms. The van der Waals surface area contributed by atoms with Gasteiger partial charge in [0.15, 0.2) is 11.2 Å². The zero-order chi connectivity index (χ0) is 31.3. The molecule has 4 saturated heterocycles. The Morgan fingerprint density at radius 2 is 0.810 bits per heavy atom. The number of ether oxygens (including phenoxy) is 2. The first-order valence-corrected chi connectivity index (χ1v) is 16.9. The van der Waals surface area contributed by atoms with Gasteiger partial charge >= 0.3 is 0 Å². The van der Waals surface area contributed by atoms with Crippen LogP contribution in [0.5, 0.6) is 0 Å². The Hall–Kier alpha value is -1.22. The molecule has 2 amide bonds. The first kappa shape index (κ1) is 33.7. The van der Waals surface area contributed by atoms with Gasteiger partial charge in [0.1, 0.15) is 11.4 Å². The van der Waals surface area contributed by atoms with E-state index in [0.717, 1.165) is 64.2 Å². The third kappa shape index (κ3) is 7.18. The summed E-state index contributed by atoms with van der Waals surface area (Å²) in [4.78, 5) is 26.7. The first-order valence-electron chi connectivity index (χ1n) is 16.9. The second-order valence-electron chi connectivity index (χ2n) is 16.9. The molecule has 2 atom stereocenters. The van der Waals surface area contributed by atoms with Crippen LogP contribution in [0.1, 0.15) is 159 Å². The van der Waals surface area contributed by atoms with Crippen molar-refractivity contribution < 1.29 is 19.1 Å². The van der Waals surface area contributed by atoms with E-state index in [1.807, 2.05) is 0 Å². The molecule has 4 N–H and O–H groups in total. The van der Waals surface area contributed by atoms with Crippen LogP contribution in [0, 0.1) is 0 Å². The van der Waals surface area contributed by atoms with Gasteiger partial charge in [-0.1, -0.05) is 39.5 Å². The van der Waals surface area contributed by atoms with Crippen LogP contribution in [0.2, 0.25) is 0 Å². The van der Waals surface area contributed by atoms with Crippen LogP contribution in [0.4, 0.5) is 0 Å². The van der Waals surface area contributed by atoms with Crippen molar-refractivity contribution in [2.45, 2.75) is 204 Å². The molecule has 8 nitrogen and oxygen atoms in total. The van der Waals surface area contributed by atoms with E-state index in [2.05, 4.69) is 90.5 Å². The highest BCUT2D eigenvalue weighted by atomic mass is 16.6. The molecule has 2 spiro atoms. The second-order valence-corrected chi connectivity index (χ2v) is 16.9. The third-order valence-electron chi connectivity index (χ3n) is 10.1. The summed E-state index contributed by atoms with van der Waals surface area (Å²) in [6.45, 7) is 21.6. The highest BCUT2D eigenvalue weighted by Crippen LogP contribution is 2.47. The van der Waals surface area contributed by atoms with Crippen molar-refractivity contribution in [2.24, 2.45) is 0 Å². The fourth-order valence-corrected chi connectivity index (χ4v) is 9.42. The quantitative estimate of drug-likeness (QED) is 0.221. The molecule has 2 unspecified atom stereocenters. The standard InChI is InChI=1S/C34H62N4O4/c1-11-33(35-25(39)31(41-33)21-27(3,4)37-28(5,6)22-31)19-17-15-13-14-16-18-20-34(12-2)36-26(40)32(42-34)23-29(7,8)38-30(9,10)24-32/h37-38H,11-24H2,1-10H3,(H,35,39)(H,36,40). The zero-order valence-electron chi connectivity index (χ0n) is 28.5. The molecule has 0 radical (unpaired) electrons. The molecule has 0 aromatic rings. The van der Waals surface area contributed by atoms with Gasteiger partial charge in [0, 0.05) is 47.8 Å². The summed E-state index contributed by atoms with van der Waals surface area (Å²) in [7, 11) is 0. The molecule has 0 aliphatic carbocycles. The van der Waals surface area contributed by atoms with Gasteiger partial charge in [-0.05, 0) is 93.9 Å². The largest absolute Gasteiger partial charge is 0.339 e. The maximum atomic E-state index is 13.3. The summed E-state index contributed by atoms with van der Waals surface area (Å²) in [6.07, 6.45) is 12.7. The molecule has 8 heteroatoms. The van der Waals surface area contributed by atoms with Gasteiger partial charge < -0.3 is 30.7 Å². The minimum absolute atomic E-state index is 0.0662. The predicted molar refractivity (Wildman–Crippen MR) is 168 cm³/mol. The third-order valence-corrected chi connectivity index (χ3v) is 10.1. The van der Waals surface area contributed by atoms with Crippen molar-refractivity contribution in [1.82, 2.24) is 21.3 Å². The van der Waals surface area contributed by atoms with Crippen LogP contribution in [0.3, 0.4) is 0 Å². The van der Waals surface area contributed by atoms with E-state index >= 15 is 0 Å². The van der Waals surface area contributed by atoms with Crippen molar-refractivity contribution in [3.63, 3.8) is 0 Å². The Balaban J connectivity index is 1.21. The van der Waals surface area contributed by atoms with Crippen molar-refractivity contribution >= 4 is 11.8 Å². The van der Waals surface area contributed by atoms with E-state index < -0.39 is 22.7 Å². The summed E-state index contributed by atoms with van der Waals surface area (Å²) in [5, 5.41) is 14.0. The predicted octanol–water partition coefficient (Wildman–Crippen LogP) is 5.97. The lowest BCUT2D eigenvalue weighted by Gasteiger charge is -2.50. The van der Waals surface area contributed by atoms with Crippen molar-refractivity contribution in [3.8, 4) is 0 Å². The van der Waals surface area contributed by atoms with E-state index in [9.17, 15) is 9.59 Å². The van der Waals surface area contributed by atoms with E-state index in [1.54, 1.807) is 0 Å². The van der Waals surface area contributed by atoms with Crippen LogP contribution in [-0.2, 0) is 19.1 Å². The molecular formula is C34H62N4O4. The molecule has 0 saturated carbocycles. The topological polar surface area (TPSA) is 101 Å². The summed E-state index contributed by atoms with van der Waals surface area (Å²) in [5.74, 6) is 0.132. The van der Waals surface area contributed by atoms with Gasteiger partial charge in [0.2, 0.25) is 0 Å². The van der Waals surface area contributed by atoms with Gasteiger partial charge in [-0.25, -0.2) is 0 Å². The number of amides is 2. The molecule has 4 fully saturated rings. The van der Waals surface area contributed by atoms with E-state index in [0.29, 0.717) is 25.7 Å². The molecular weight excluding hydrogens is 528 g/mol. The average Bonchev–Trinajstić information content (AvgIpc) is 3.21. The average molecular weight is 591 g/mol. The van der Waals surface area contributed by atoms with Crippen molar-refractivity contribution in [3.05, 3.63) is 0 Å². The van der Waals surface area contributed by atoms with Crippen LogP contribution in [-0.4, -0.2) is 56.6 Å². The number of nitrogens with one attached hydrogen (secondary N) is 4. The van der Waals surface area contributed by atoms with Gasteiger partial charge in [-0.3, -0.25) is 9.59 Å². The molecule has 242 valence electrons. The number of carbonyl (C=O) groups excluding carboxylic acids is 2. The maximum Gasteiger partial charge on any atom is 0.254 e. The number of hydrogen-bond acceptors (Lipinski definition) is 6. The minimum atomic E-state index is -0.751. The van der Waals surface area contributed by atoms with E-state index in [-0.39, 0.29) is 34.0 Å². The number of carbonyl (C=O) groups is 2. The lowest BCUT2D eigenvalue weighted by Crippen LogP contribution is -2.65. The van der Waals surface area contributed by atoms with E-state index in [1.165, 1.54) is 0 Å². The van der Waals surface area contributed by atoms with Gasteiger partial charge in [-0.2, -0.15) is 0 Å². The fraction of sp³-hybridized carbons (Fsp3) is 0.941. The molecule has 0 aromatic heterocycles.